The Balaban J connectivity index is 1.28. The van der Waals surface area contributed by atoms with E-state index >= 15 is 4.39 Å². The highest BCUT2D eigenvalue weighted by molar-refractivity contribution is 7.89. The van der Waals surface area contributed by atoms with Crippen LogP contribution < -0.4 is 15.8 Å². The molecule has 1 aliphatic heterocycles. The molecular formula is C37H39ClFN5O6S. The standard InChI is InChI=1S/C37H39ClFN5O6S/c1-50-32-17-12-25(20-41-32)33(24-10-13-26(38)14-11-24)34(40)35(45)42-31-9-5-8-30(39)29(31)16-15-27-21-43(36(46)47)22-37(18-19-37)23-44(27)51(48,49)28-6-3-2-4-7-28/h2-14,17,20,27,33-34H,15-16,18-19,21-23,40H2,1H3,(H,42,45)(H,46,47)/t27?,33-,34-/m0/s1. The number of sulfonamides is 1. The van der Waals surface area contributed by atoms with Crippen LogP contribution in [0.4, 0.5) is 14.9 Å². The van der Waals surface area contributed by atoms with Crippen molar-refractivity contribution in [2.24, 2.45) is 11.1 Å². The molecule has 2 heterocycles. The fourth-order valence-corrected chi connectivity index (χ4v) is 8.70. The molecule has 1 aromatic heterocycles. The number of halogens is 2. The molecular weight excluding hydrogens is 697 g/mol. The molecule has 1 spiro atoms. The number of carbonyl (C=O) groups is 2. The smallest absolute Gasteiger partial charge is 0.407 e. The average Bonchev–Trinajstić information content (AvgIpc) is 3.92. The maximum absolute atomic E-state index is 15.6. The van der Waals surface area contributed by atoms with E-state index in [1.54, 1.807) is 66.9 Å². The van der Waals surface area contributed by atoms with Crippen molar-refractivity contribution in [2.75, 3.05) is 32.1 Å². The van der Waals surface area contributed by atoms with E-state index in [9.17, 15) is 23.1 Å². The Labute approximate surface area is 301 Å². The maximum atomic E-state index is 15.6. The van der Waals surface area contributed by atoms with E-state index in [4.69, 9.17) is 22.1 Å². The van der Waals surface area contributed by atoms with Gasteiger partial charge in [0.2, 0.25) is 21.8 Å². The highest BCUT2D eigenvalue weighted by Crippen LogP contribution is 2.49. The third kappa shape index (κ3) is 8.01. The largest absolute Gasteiger partial charge is 0.481 e. The van der Waals surface area contributed by atoms with E-state index in [1.165, 1.54) is 40.6 Å². The van der Waals surface area contributed by atoms with Gasteiger partial charge in [-0.2, -0.15) is 4.31 Å². The molecule has 1 unspecified atom stereocenters. The van der Waals surface area contributed by atoms with Gasteiger partial charge in [-0.15, -0.1) is 0 Å². The van der Waals surface area contributed by atoms with Crippen LogP contribution >= 0.6 is 11.6 Å². The van der Waals surface area contributed by atoms with Crippen LogP contribution in [0.1, 0.15) is 41.9 Å². The number of aromatic nitrogens is 1. The number of nitrogens with zero attached hydrogens (tertiary/aromatic N) is 3. The number of pyridine rings is 1. The summed E-state index contributed by atoms with van der Waals surface area (Å²) in [6.45, 7) is 0.292. The zero-order chi connectivity index (χ0) is 36.3. The number of nitrogens with two attached hydrogens (primary N) is 1. The van der Waals surface area contributed by atoms with Gasteiger partial charge in [0.1, 0.15) is 5.82 Å². The summed E-state index contributed by atoms with van der Waals surface area (Å²) < 4.78 is 50.3. The number of rotatable bonds is 11. The van der Waals surface area contributed by atoms with E-state index in [-0.39, 0.29) is 48.6 Å². The molecule has 0 bridgehead atoms. The summed E-state index contributed by atoms with van der Waals surface area (Å²) in [5.74, 6) is -1.46. The Bertz CT molecular complexity index is 1980. The number of carbonyl (C=O) groups excluding carboxylic acids is 1. The molecule has 268 valence electrons. The lowest BCUT2D eigenvalue weighted by Gasteiger charge is -2.31. The summed E-state index contributed by atoms with van der Waals surface area (Å²) in [6.07, 6.45) is 1.95. The number of hydrogen-bond acceptors (Lipinski definition) is 7. The maximum Gasteiger partial charge on any atom is 0.407 e. The highest BCUT2D eigenvalue weighted by atomic mass is 35.5. The molecule has 1 aliphatic carbocycles. The first-order chi connectivity index (χ1) is 24.4. The minimum absolute atomic E-state index is 0.00642. The van der Waals surface area contributed by atoms with E-state index in [2.05, 4.69) is 10.3 Å². The van der Waals surface area contributed by atoms with Crippen LogP contribution in [-0.4, -0.2) is 78.5 Å². The Kier molecular flexibility index (Phi) is 10.6. The lowest BCUT2D eigenvalue weighted by molar-refractivity contribution is -0.117. The van der Waals surface area contributed by atoms with Crippen molar-refractivity contribution in [3.8, 4) is 5.88 Å². The molecule has 51 heavy (non-hydrogen) atoms. The van der Waals surface area contributed by atoms with Crippen molar-refractivity contribution in [1.29, 1.82) is 0 Å². The highest BCUT2D eigenvalue weighted by Gasteiger charge is 2.52. The van der Waals surface area contributed by atoms with Gasteiger partial charge in [0.25, 0.3) is 0 Å². The Morgan fingerprint density at radius 1 is 1.04 bits per heavy atom. The molecule has 3 aromatic carbocycles. The topological polar surface area (TPSA) is 155 Å². The van der Waals surface area contributed by atoms with Crippen molar-refractivity contribution in [2.45, 2.75) is 48.6 Å². The molecule has 14 heteroatoms. The van der Waals surface area contributed by atoms with Crippen LogP contribution in [0.5, 0.6) is 5.88 Å². The van der Waals surface area contributed by atoms with Gasteiger partial charge in [-0.05, 0) is 73.2 Å². The Morgan fingerprint density at radius 3 is 2.37 bits per heavy atom. The molecule has 2 aliphatic rings. The molecule has 0 radical (unpaired) electrons. The minimum Gasteiger partial charge on any atom is -0.481 e. The summed E-state index contributed by atoms with van der Waals surface area (Å²) in [7, 11) is -2.53. The van der Waals surface area contributed by atoms with E-state index < -0.39 is 51.3 Å². The van der Waals surface area contributed by atoms with Crippen LogP contribution in [0, 0.1) is 11.2 Å². The number of hydrogen-bond donors (Lipinski definition) is 3. The van der Waals surface area contributed by atoms with Gasteiger partial charge in [0.15, 0.2) is 0 Å². The number of anilines is 1. The van der Waals surface area contributed by atoms with E-state index in [1.807, 2.05) is 0 Å². The number of methoxy groups -OCH3 is 1. The van der Waals surface area contributed by atoms with Gasteiger partial charge in [0, 0.05) is 65.5 Å². The summed E-state index contributed by atoms with van der Waals surface area (Å²) in [6, 6.07) is 20.7. The monoisotopic (exact) mass is 735 g/mol. The third-order valence-corrected chi connectivity index (χ3v) is 11.9. The molecule has 2 amide bonds. The molecule has 2 fully saturated rings. The van der Waals surface area contributed by atoms with Gasteiger partial charge in [-0.3, -0.25) is 4.79 Å². The van der Waals surface area contributed by atoms with Gasteiger partial charge in [-0.1, -0.05) is 54.1 Å². The predicted octanol–water partition coefficient (Wildman–Crippen LogP) is 5.75. The fourth-order valence-electron chi connectivity index (χ4n) is 6.79. The number of carboxylic acid groups (broad SMARTS) is 1. The molecule has 3 atom stereocenters. The van der Waals surface area contributed by atoms with Gasteiger partial charge < -0.3 is 25.8 Å². The van der Waals surface area contributed by atoms with Crippen molar-refractivity contribution in [1.82, 2.24) is 14.2 Å². The lowest BCUT2D eigenvalue weighted by Crippen LogP contribution is -2.46. The molecule has 11 nitrogen and oxygen atoms in total. The molecule has 4 aromatic rings. The van der Waals surface area contributed by atoms with Crippen LogP contribution in [0.3, 0.4) is 0 Å². The van der Waals surface area contributed by atoms with Gasteiger partial charge in [0.05, 0.1) is 18.0 Å². The Hall–Kier alpha value is -4.56. The second-order valence-electron chi connectivity index (χ2n) is 13.2. The number of ether oxygens (including phenoxy) is 1. The quantitative estimate of drug-likeness (QED) is 0.176. The predicted molar refractivity (Wildman–Crippen MR) is 191 cm³/mol. The Morgan fingerprint density at radius 2 is 1.75 bits per heavy atom. The first-order valence-corrected chi connectivity index (χ1v) is 18.4. The van der Waals surface area contributed by atoms with Gasteiger partial charge >= 0.3 is 6.09 Å². The second kappa shape index (κ2) is 15.0. The lowest BCUT2D eigenvalue weighted by atomic mass is 9.85. The molecule has 1 saturated carbocycles. The van der Waals surface area contributed by atoms with Crippen molar-refractivity contribution < 1.29 is 32.2 Å². The SMILES string of the molecule is COc1ccc([C@H](c2ccc(Cl)cc2)[C@H](N)C(=O)Nc2cccc(F)c2CCC2CN(C(=O)O)CC3(CC3)CN2S(=O)(=O)c2ccccc2)cn1. The van der Waals surface area contributed by atoms with Gasteiger partial charge in [-0.25, -0.2) is 22.6 Å². The van der Waals surface area contributed by atoms with Crippen molar-refractivity contribution in [3.63, 3.8) is 0 Å². The number of benzene rings is 3. The minimum atomic E-state index is -4.03. The first-order valence-electron chi connectivity index (χ1n) is 16.5. The van der Waals surface area contributed by atoms with Crippen LogP contribution in [-0.2, 0) is 21.2 Å². The molecule has 1 saturated heterocycles. The first kappa shape index (κ1) is 36.2. The zero-order valence-electron chi connectivity index (χ0n) is 27.9. The summed E-state index contributed by atoms with van der Waals surface area (Å²) >= 11 is 6.14. The van der Waals surface area contributed by atoms with Crippen LogP contribution in [0.15, 0.2) is 96.0 Å². The molecule has 6 rings (SSSR count). The van der Waals surface area contributed by atoms with Crippen molar-refractivity contribution in [3.05, 3.63) is 119 Å². The van der Waals surface area contributed by atoms with Crippen LogP contribution in [0.2, 0.25) is 5.02 Å². The van der Waals surface area contributed by atoms with Crippen molar-refractivity contribution >= 4 is 39.3 Å². The molecule has 4 N–H and O–H groups in total. The summed E-state index contributed by atoms with van der Waals surface area (Å²) in [5, 5.41) is 13.4. The zero-order valence-corrected chi connectivity index (χ0v) is 29.5. The summed E-state index contributed by atoms with van der Waals surface area (Å²) in [4.78, 5) is 31.8. The third-order valence-electron chi connectivity index (χ3n) is 9.76. The van der Waals surface area contributed by atoms with Crippen LogP contribution in [0.25, 0.3) is 0 Å². The summed E-state index contributed by atoms with van der Waals surface area (Å²) in [5.41, 5.74) is 7.85. The number of amides is 2. The van der Waals surface area contributed by atoms with E-state index in [0.29, 0.717) is 34.9 Å². The fraction of sp³-hybridized carbons (Fsp3) is 0.324. The number of nitrogens with one attached hydrogen (secondary N) is 1. The second-order valence-corrected chi connectivity index (χ2v) is 15.5. The average molecular weight is 736 g/mol. The van der Waals surface area contributed by atoms with E-state index in [0.717, 1.165) is 0 Å². The normalized spacial score (nSPS) is 18.4.